The van der Waals surface area contributed by atoms with Crippen LogP contribution < -0.4 is 0 Å². The van der Waals surface area contributed by atoms with Crippen LogP contribution in [0.4, 0.5) is 0 Å². The zero-order valence-electron chi connectivity index (χ0n) is 13.0. The number of rotatable bonds is 13. The number of hydrogen-bond acceptors (Lipinski definition) is 1. The predicted molar refractivity (Wildman–Crippen MR) is 84.9 cm³/mol. The van der Waals surface area contributed by atoms with Crippen LogP contribution in [0.5, 0.6) is 0 Å². The summed E-state index contributed by atoms with van der Waals surface area (Å²) in [7, 11) is 0. The zero-order chi connectivity index (χ0) is 14.5. The van der Waals surface area contributed by atoms with E-state index < -0.39 is 5.97 Å². The van der Waals surface area contributed by atoms with Crippen molar-refractivity contribution in [2.24, 2.45) is 5.92 Å². The Labute approximate surface area is 124 Å². The van der Waals surface area contributed by atoms with Crippen LogP contribution in [-0.2, 0) is 4.79 Å². The molecule has 0 aromatic heterocycles. The molecule has 2 nitrogen and oxygen atoms in total. The fraction of sp³-hybridized carbons (Fsp3) is 0.833. The highest BCUT2D eigenvalue weighted by molar-refractivity contribution is 5.66. The van der Waals surface area contributed by atoms with Crippen LogP contribution in [-0.4, -0.2) is 11.1 Å². The molecule has 1 rings (SSSR count). The monoisotopic (exact) mass is 280 g/mol. The molecule has 1 aliphatic rings. The molecule has 0 saturated heterocycles. The molecule has 0 fully saturated rings. The van der Waals surface area contributed by atoms with Gasteiger partial charge in [0.1, 0.15) is 0 Å². The summed E-state index contributed by atoms with van der Waals surface area (Å²) in [6.45, 7) is 0. The van der Waals surface area contributed by atoms with Crippen LogP contribution in [0.15, 0.2) is 12.2 Å². The molecule has 116 valence electrons. The summed E-state index contributed by atoms with van der Waals surface area (Å²) in [5.41, 5.74) is 0. The molecule has 1 aliphatic carbocycles. The van der Waals surface area contributed by atoms with E-state index in [-0.39, 0.29) is 0 Å². The lowest BCUT2D eigenvalue weighted by Crippen LogP contribution is -1.93. The van der Waals surface area contributed by atoms with Crippen molar-refractivity contribution in [3.8, 4) is 0 Å². The van der Waals surface area contributed by atoms with Crippen LogP contribution in [0.2, 0.25) is 0 Å². The van der Waals surface area contributed by atoms with Gasteiger partial charge in [-0.25, -0.2) is 0 Å². The Bertz CT molecular complexity index is 271. The fourth-order valence-electron chi connectivity index (χ4n) is 3.03. The summed E-state index contributed by atoms with van der Waals surface area (Å²) < 4.78 is 0. The van der Waals surface area contributed by atoms with Gasteiger partial charge in [0, 0.05) is 6.42 Å². The van der Waals surface area contributed by atoms with Crippen LogP contribution in [0.25, 0.3) is 0 Å². The van der Waals surface area contributed by atoms with Crippen LogP contribution in [0.3, 0.4) is 0 Å². The van der Waals surface area contributed by atoms with E-state index in [1.54, 1.807) is 0 Å². The Kier molecular flexibility index (Phi) is 10.3. The van der Waals surface area contributed by atoms with Gasteiger partial charge in [0.2, 0.25) is 0 Å². The maximum atomic E-state index is 10.3. The molecule has 20 heavy (non-hydrogen) atoms. The average molecular weight is 280 g/mol. The normalized spacial score (nSPS) is 17.7. The molecule has 0 saturated carbocycles. The Hall–Kier alpha value is -0.790. The first-order valence-corrected chi connectivity index (χ1v) is 8.67. The summed E-state index contributed by atoms with van der Waals surface area (Å²) in [4.78, 5) is 10.3. The van der Waals surface area contributed by atoms with Crippen molar-refractivity contribution in [2.75, 3.05) is 0 Å². The molecule has 1 N–H and O–H groups in total. The molecule has 0 spiro atoms. The SMILES string of the molecule is O=C(O)CCCCCCCCCCCC[C@H]1C=CCC1. The van der Waals surface area contributed by atoms with E-state index in [0.29, 0.717) is 6.42 Å². The quantitative estimate of drug-likeness (QED) is 0.346. The van der Waals surface area contributed by atoms with E-state index in [1.807, 2.05) is 0 Å². The summed E-state index contributed by atoms with van der Waals surface area (Å²) in [6, 6.07) is 0. The lowest BCUT2D eigenvalue weighted by atomic mass is 9.99. The summed E-state index contributed by atoms with van der Waals surface area (Å²) in [5.74, 6) is 0.235. The molecule has 0 radical (unpaired) electrons. The van der Waals surface area contributed by atoms with Crippen molar-refractivity contribution < 1.29 is 9.90 Å². The molecular formula is C18H32O2. The summed E-state index contributed by atoms with van der Waals surface area (Å²) >= 11 is 0. The van der Waals surface area contributed by atoms with Gasteiger partial charge in [-0.1, -0.05) is 69.9 Å². The number of hydrogen-bond donors (Lipinski definition) is 1. The average Bonchev–Trinajstić information content (AvgIpc) is 2.93. The summed E-state index contributed by atoms with van der Waals surface area (Å²) in [6.07, 6.45) is 21.9. The van der Waals surface area contributed by atoms with Crippen molar-refractivity contribution in [2.45, 2.75) is 89.9 Å². The van der Waals surface area contributed by atoms with Crippen molar-refractivity contribution in [1.29, 1.82) is 0 Å². The third-order valence-corrected chi connectivity index (χ3v) is 4.33. The van der Waals surface area contributed by atoms with E-state index >= 15 is 0 Å². The van der Waals surface area contributed by atoms with Crippen molar-refractivity contribution in [3.05, 3.63) is 12.2 Å². The molecular weight excluding hydrogens is 248 g/mol. The van der Waals surface area contributed by atoms with Gasteiger partial charge in [0.15, 0.2) is 0 Å². The number of carboxylic acid groups (broad SMARTS) is 1. The lowest BCUT2D eigenvalue weighted by Gasteiger charge is -2.06. The minimum Gasteiger partial charge on any atom is -0.481 e. The number of carboxylic acids is 1. The molecule has 1 atom stereocenters. The minimum atomic E-state index is -0.655. The van der Waals surface area contributed by atoms with E-state index in [1.165, 1.54) is 70.6 Å². The second-order valence-electron chi connectivity index (χ2n) is 6.23. The largest absolute Gasteiger partial charge is 0.481 e. The third kappa shape index (κ3) is 10.1. The van der Waals surface area contributed by atoms with E-state index in [0.717, 1.165) is 18.8 Å². The zero-order valence-corrected chi connectivity index (χ0v) is 13.0. The van der Waals surface area contributed by atoms with Gasteiger partial charge in [0.05, 0.1) is 0 Å². The van der Waals surface area contributed by atoms with Gasteiger partial charge in [0.25, 0.3) is 0 Å². The van der Waals surface area contributed by atoms with E-state index in [4.69, 9.17) is 5.11 Å². The van der Waals surface area contributed by atoms with Crippen molar-refractivity contribution >= 4 is 5.97 Å². The van der Waals surface area contributed by atoms with Gasteiger partial charge in [-0.15, -0.1) is 0 Å². The first-order valence-electron chi connectivity index (χ1n) is 8.67. The smallest absolute Gasteiger partial charge is 0.303 e. The molecule has 0 aliphatic heterocycles. The standard InChI is InChI=1S/C18H32O2/c19-18(20)16-10-8-6-4-2-1-3-5-7-9-13-17-14-11-12-15-17/h11,14,17H,1-10,12-13,15-16H2,(H,19,20)/t17-/m0/s1. The molecule has 0 aromatic carbocycles. The Morgan fingerprint density at radius 2 is 1.45 bits per heavy atom. The predicted octanol–water partition coefficient (Wildman–Crippen LogP) is 5.72. The molecule has 0 unspecified atom stereocenters. The third-order valence-electron chi connectivity index (χ3n) is 4.33. The van der Waals surface area contributed by atoms with E-state index in [9.17, 15) is 4.79 Å². The number of aliphatic carboxylic acids is 1. The van der Waals surface area contributed by atoms with Crippen LogP contribution in [0, 0.1) is 5.92 Å². The Balaban J connectivity index is 1.70. The van der Waals surface area contributed by atoms with Crippen LogP contribution >= 0.6 is 0 Å². The second-order valence-corrected chi connectivity index (χ2v) is 6.23. The molecule has 2 heteroatoms. The summed E-state index contributed by atoms with van der Waals surface area (Å²) in [5, 5.41) is 8.52. The fourth-order valence-corrected chi connectivity index (χ4v) is 3.03. The number of unbranched alkanes of at least 4 members (excludes halogenated alkanes) is 9. The maximum absolute atomic E-state index is 10.3. The Morgan fingerprint density at radius 1 is 0.900 bits per heavy atom. The topological polar surface area (TPSA) is 37.3 Å². The lowest BCUT2D eigenvalue weighted by molar-refractivity contribution is -0.137. The van der Waals surface area contributed by atoms with Gasteiger partial charge in [-0.05, 0) is 31.6 Å². The molecule has 0 amide bonds. The highest BCUT2D eigenvalue weighted by atomic mass is 16.4. The first-order chi connectivity index (χ1) is 9.79. The molecule has 0 aromatic rings. The second kappa shape index (κ2) is 12.0. The van der Waals surface area contributed by atoms with Gasteiger partial charge >= 0.3 is 5.97 Å². The maximum Gasteiger partial charge on any atom is 0.303 e. The van der Waals surface area contributed by atoms with Crippen molar-refractivity contribution in [1.82, 2.24) is 0 Å². The number of carbonyl (C=O) groups is 1. The molecule has 0 heterocycles. The van der Waals surface area contributed by atoms with Crippen molar-refractivity contribution in [3.63, 3.8) is 0 Å². The van der Waals surface area contributed by atoms with Crippen LogP contribution in [0.1, 0.15) is 89.9 Å². The van der Waals surface area contributed by atoms with Gasteiger partial charge < -0.3 is 5.11 Å². The first kappa shape index (κ1) is 17.3. The van der Waals surface area contributed by atoms with E-state index in [2.05, 4.69) is 12.2 Å². The van der Waals surface area contributed by atoms with Gasteiger partial charge in [-0.3, -0.25) is 4.79 Å². The Morgan fingerprint density at radius 3 is 1.95 bits per heavy atom. The highest BCUT2D eigenvalue weighted by Crippen LogP contribution is 2.23. The highest BCUT2D eigenvalue weighted by Gasteiger charge is 2.07. The minimum absolute atomic E-state index is 0.343. The molecule has 0 bridgehead atoms. The van der Waals surface area contributed by atoms with Gasteiger partial charge in [-0.2, -0.15) is 0 Å². The number of allylic oxidation sites excluding steroid dienone is 2.